The first-order chi connectivity index (χ1) is 12.3. The van der Waals surface area contributed by atoms with Crippen LogP contribution in [0.1, 0.15) is 12.0 Å². The van der Waals surface area contributed by atoms with Crippen LogP contribution in [0.25, 0.3) is 22.3 Å². The molecule has 25 heavy (non-hydrogen) atoms. The largest absolute Gasteiger partial charge is 0.497 e. The van der Waals surface area contributed by atoms with Crippen molar-refractivity contribution in [3.05, 3.63) is 54.1 Å². The Labute approximate surface area is 144 Å². The number of ether oxygens (including phenoxy) is 2. The molecule has 6 nitrogen and oxygen atoms in total. The Bertz CT molecular complexity index is 871. The molecule has 0 aliphatic carbocycles. The summed E-state index contributed by atoms with van der Waals surface area (Å²) in [7, 11) is 1.63. The van der Waals surface area contributed by atoms with Gasteiger partial charge in [-0.2, -0.15) is 0 Å². The smallest absolute Gasteiger partial charge is 0.293 e. The lowest BCUT2D eigenvalue weighted by atomic mass is 10.1. The van der Waals surface area contributed by atoms with E-state index in [1.807, 2.05) is 48.5 Å². The highest BCUT2D eigenvalue weighted by molar-refractivity contribution is 5.79. The summed E-state index contributed by atoms with van der Waals surface area (Å²) < 4.78 is 20.8. The second kappa shape index (κ2) is 8.10. The molecule has 1 N–H and O–H groups in total. The highest BCUT2D eigenvalue weighted by atomic mass is 16.7. The first-order valence-electron chi connectivity index (χ1n) is 7.93. The molecule has 1 aromatic heterocycles. The van der Waals surface area contributed by atoms with E-state index in [0.29, 0.717) is 24.4 Å². The van der Waals surface area contributed by atoms with Crippen molar-refractivity contribution < 1.29 is 23.3 Å². The number of carbonyl (C=O) groups is 1. The topological polar surface area (TPSA) is 77.6 Å². The van der Waals surface area contributed by atoms with Gasteiger partial charge in [0.25, 0.3) is 6.47 Å². The van der Waals surface area contributed by atoms with Gasteiger partial charge in [-0.15, -0.1) is 0 Å². The van der Waals surface area contributed by atoms with Crippen LogP contribution in [0.2, 0.25) is 0 Å². The molecular formula is C19H19NO5. The first kappa shape index (κ1) is 16.7. The monoisotopic (exact) mass is 341 g/mol. The fourth-order valence-electron chi connectivity index (χ4n) is 2.53. The van der Waals surface area contributed by atoms with Gasteiger partial charge in [0.1, 0.15) is 5.75 Å². The van der Waals surface area contributed by atoms with Crippen LogP contribution in [0.15, 0.2) is 57.6 Å². The number of rotatable bonds is 7. The molecule has 0 bridgehead atoms. The van der Waals surface area contributed by atoms with E-state index in [1.165, 1.54) is 0 Å². The van der Waals surface area contributed by atoms with E-state index in [0.717, 1.165) is 35.1 Å². The molecule has 0 aliphatic heterocycles. The summed E-state index contributed by atoms with van der Waals surface area (Å²) in [6.07, 6.45) is 1.55. The SMILES string of the molecule is COc1ccc(-c2cc3ccc(CCCOC=O)cc3o[nH]o2)cc1. The van der Waals surface area contributed by atoms with E-state index in [4.69, 9.17) is 18.5 Å². The number of hydrogen-bond acceptors (Lipinski definition) is 5. The van der Waals surface area contributed by atoms with Crippen LogP contribution < -0.4 is 4.74 Å². The molecule has 0 radical (unpaired) electrons. The summed E-state index contributed by atoms with van der Waals surface area (Å²) in [6.45, 7) is 0.872. The molecule has 0 aliphatic rings. The van der Waals surface area contributed by atoms with Gasteiger partial charge >= 0.3 is 0 Å². The molecule has 0 saturated carbocycles. The second-order valence-electron chi connectivity index (χ2n) is 5.47. The van der Waals surface area contributed by atoms with Gasteiger partial charge in [0.05, 0.1) is 13.7 Å². The maximum absolute atomic E-state index is 10.2. The van der Waals surface area contributed by atoms with Gasteiger partial charge in [-0.1, -0.05) is 17.5 Å². The summed E-state index contributed by atoms with van der Waals surface area (Å²) in [5.74, 6) is 1.43. The lowest BCUT2D eigenvalue weighted by Crippen LogP contribution is -1.94. The summed E-state index contributed by atoms with van der Waals surface area (Å²) in [4.78, 5) is 10.2. The zero-order valence-electron chi connectivity index (χ0n) is 13.9. The zero-order valence-corrected chi connectivity index (χ0v) is 13.9. The Morgan fingerprint density at radius 2 is 1.92 bits per heavy atom. The van der Waals surface area contributed by atoms with Gasteiger partial charge in [-0.3, -0.25) is 4.79 Å². The van der Waals surface area contributed by atoms with Crippen LogP contribution in [0.3, 0.4) is 0 Å². The van der Waals surface area contributed by atoms with Gasteiger partial charge in [-0.05, 0) is 54.8 Å². The molecule has 0 spiro atoms. The standard InChI is InChI=1S/C19H19NO5/c1-22-17-8-6-15(7-9-17)19-12-16-5-4-14(3-2-10-23-13-21)11-18(16)24-20-25-19/h4-9,11-13,20H,2-3,10H2,1H3. The van der Waals surface area contributed by atoms with Crippen molar-refractivity contribution in [1.82, 2.24) is 5.33 Å². The van der Waals surface area contributed by atoms with Crippen LogP contribution in [0, 0.1) is 0 Å². The van der Waals surface area contributed by atoms with Crippen molar-refractivity contribution in [2.75, 3.05) is 13.7 Å². The Kier molecular flexibility index (Phi) is 5.41. The highest BCUT2D eigenvalue weighted by Crippen LogP contribution is 2.24. The number of nitrogens with one attached hydrogen (secondary N) is 1. The fraction of sp³-hybridized carbons (Fsp3) is 0.211. The van der Waals surface area contributed by atoms with Crippen LogP contribution in [0.4, 0.5) is 0 Å². The maximum atomic E-state index is 10.2. The van der Waals surface area contributed by atoms with Gasteiger partial charge in [0.2, 0.25) is 0 Å². The number of methoxy groups -OCH3 is 1. The number of fused-ring (bicyclic) bond motifs is 1. The quantitative estimate of drug-likeness (QED) is 0.513. The van der Waals surface area contributed by atoms with E-state index in [9.17, 15) is 4.79 Å². The minimum atomic E-state index is 0.407. The number of aromatic amines is 1. The second-order valence-corrected chi connectivity index (χ2v) is 5.47. The molecule has 0 fully saturated rings. The third-order valence-corrected chi connectivity index (χ3v) is 3.84. The summed E-state index contributed by atoms with van der Waals surface area (Å²) in [6, 6.07) is 15.4. The zero-order chi connectivity index (χ0) is 17.5. The number of H-pyrrole nitrogens is 1. The molecule has 2 aromatic carbocycles. The van der Waals surface area contributed by atoms with Crippen LogP contribution in [0.5, 0.6) is 5.75 Å². The average Bonchev–Trinajstić information content (AvgIpc) is 2.87. The van der Waals surface area contributed by atoms with E-state index >= 15 is 0 Å². The predicted molar refractivity (Wildman–Crippen MR) is 92.8 cm³/mol. The van der Waals surface area contributed by atoms with E-state index in [2.05, 4.69) is 5.33 Å². The molecule has 0 unspecified atom stereocenters. The first-order valence-corrected chi connectivity index (χ1v) is 7.93. The Morgan fingerprint density at radius 1 is 1.08 bits per heavy atom. The molecular weight excluding hydrogens is 322 g/mol. The number of hydrogen-bond donors (Lipinski definition) is 1. The third-order valence-electron chi connectivity index (χ3n) is 3.84. The Hall–Kier alpha value is -3.15. The van der Waals surface area contributed by atoms with Crippen molar-refractivity contribution in [3.63, 3.8) is 0 Å². The number of carbonyl (C=O) groups excluding carboxylic acids is 1. The Balaban J connectivity index is 1.86. The van der Waals surface area contributed by atoms with Gasteiger partial charge in [0.15, 0.2) is 11.3 Å². The highest BCUT2D eigenvalue weighted by Gasteiger charge is 2.04. The molecule has 3 rings (SSSR count). The molecule has 6 heteroatoms. The number of aryl methyl sites for hydroxylation is 1. The van der Waals surface area contributed by atoms with Gasteiger partial charge < -0.3 is 18.5 Å². The molecule has 3 aromatic rings. The van der Waals surface area contributed by atoms with Gasteiger partial charge in [-0.25, -0.2) is 0 Å². The van der Waals surface area contributed by atoms with Gasteiger partial charge in [0, 0.05) is 10.9 Å². The maximum Gasteiger partial charge on any atom is 0.293 e. The minimum absolute atomic E-state index is 0.407. The lowest BCUT2D eigenvalue weighted by Gasteiger charge is -2.01. The number of aromatic nitrogens is 1. The van der Waals surface area contributed by atoms with E-state index in [1.54, 1.807) is 7.11 Å². The van der Waals surface area contributed by atoms with Crippen LogP contribution in [-0.2, 0) is 16.0 Å². The van der Waals surface area contributed by atoms with E-state index < -0.39 is 0 Å². The predicted octanol–water partition coefficient (Wildman–Crippen LogP) is 4.26. The molecule has 1 heterocycles. The third kappa shape index (κ3) is 4.23. The Morgan fingerprint density at radius 3 is 2.68 bits per heavy atom. The average molecular weight is 341 g/mol. The molecule has 0 amide bonds. The number of benzene rings is 2. The summed E-state index contributed by atoms with van der Waals surface area (Å²) in [5.41, 5.74) is 2.67. The van der Waals surface area contributed by atoms with Crippen molar-refractivity contribution in [1.29, 1.82) is 0 Å². The van der Waals surface area contributed by atoms with Crippen molar-refractivity contribution in [2.45, 2.75) is 12.8 Å². The van der Waals surface area contributed by atoms with Crippen molar-refractivity contribution in [2.24, 2.45) is 0 Å². The fourth-order valence-corrected chi connectivity index (χ4v) is 2.53. The van der Waals surface area contributed by atoms with Crippen LogP contribution >= 0.6 is 0 Å². The molecule has 130 valence electrons. The normalized spacial score (nSPS) is 10.4. The molecule has 0 atom stereocenters. The lowest BCUT2D eigenvalue weighted by molar-refractivity contribution is -0.128. The van der Waals surface area contributed by atoms with Crippen LogP contribution in [-0.4, -0.2) is 25.5 Å². The minimum Gasteiger partial charge on any atom is -0.497 e. The summed E-state index contributed by atoms with van der Waals surface area (Å²) in [5, 5.41) is 3.42. The van der Waals surface area contributed by atoms with E-state index in [-0.39, 0.29) is 0 Å². The van der Waals surface area contributed by atoms with Crippen molar-refractivity contribution in [3.8, 4) is 17.1 Å². The summed E-state index contributed by atoms with van der Waals surface area (Å²) >= 11 is 0. The molecule has 0 saturated heterocycles. The van der Waals surface area contributed by atoms with Crippen molar-refractivity contribution >= 4 is 17.4 Å².